The van der Waals surface area contributed by atoms with Gasteiger partial charge in [0.15, 0.2) is 0 Å². The van der Waals surface area contributed by atoms with Crippen LogP contribution >= 0.6 is 0 Å². The third-order valence-corrected chi connectivity index (χ3v) is 4.41. The Bertz CT molecular complexity index is 456. The lowest BCUT2D eigenvalue weighted by atomic mass is 9.95. The molecule has 0 aliphatic carbocycles. The van der Waals surface area contributed by atoms with Crippen LogP contribution in [0.4, 0.5) is 0 Å². The molecule has 1 fully saturated rings. The molecule has 0 aromatic heterocycles. The Hall–Kier alpha value is -1.26. The van der Waals surface area contributed by atoms with Crippen LogP contribution in [0.2, 0.25) is 0 Å². The van der Waals surface area contributed by atoms with Crippen molar-refractivity contribution in [2.45, 2.75) is 32.7 Å². The van der Waals surface area contributed by atoms with Crippen LogP contribution in [0.25, 0.3) is 0 Å². The maximum atomic E-state index is 5.64. The van der Waals surface area contributed by atoms with Crippen molar-refractivity contribution in [2.75, 3.05) is 40.4 Å². The van der Waals surface area contributed by atoms with Crippen molar-refractivity contribution in [3.05, 3.63) is 23.8 Å². The van der Waals surface area contributed by atoms with Crippen molar-refractivity contribution in [3.8, 4) is 11.5 Å². The Kier molecular flexibility index (Phi) is 6.52. The lowest BCUT2D eigenvalue weighted by molar-refractivity contribution is 0.157. The van der Waals surface area contributed by atoms with Gasteiger partial charge in [0.25, 0.3) is 0 Å². The first kappa shape index (κ1) is 17.1. The van der Waals surface area contributed by atoms with Crippen LogP contribution < -0.4 is 14.8 Å². The molecule has 4 heteroatoms. The summed E-state index contributed by atoms with van der Waals surface area (Å²) in [4.78, 5) is 2.59. The summed E-state index contributed by atoms with van der Waals surface area (Å²) in [6.07, 6.45) is 2.39. The van der Waals surface area contributed by atoms with E-state index in [-0.39, 0.29) is 0 Å². The van der Waals surface area contributed by atoms with Gasteiger partial charge < -0.3 is 14.8 Å². The molecule has 0 saturated carbocycles. The number of nitrogens with one attached hydrogen (secondary N) is 1. The monoisotopic (exact) mass is 306 g/mol. The summed E-state index contributed by atoms with van der Waals surface area (Å²) < 4.78 is 11.0. The molecule has 1 aliphatic rings. The number of hydrogen-bond donors (Lipinski definition) is 1. The minimum absolute atomic E-state index is 0.422. The van der Waals surface area contributed by atoms with Gasteiger partial charge in [0.2, 0.25) is 0 Å². The summed E-state index contributed by atoms with van der Waals surface area (Å²) >= 11 is 0. The fourth-order valence-electron chi connectivity index (χ4n) is 3.11. The van der Waals surface area contributed by atoms with Gasteiger partial charge in [-0.1, -0.05) is 19.9 Å². The van der Waals surface area contributed by atoms with Crippen molar-refractivity contribution in [2.24, 2.45) is 5.92 Å². The summed E-state index contributed by atoms with van der Waals surface area (Å²) in [5.41, 5.74) is 1.28. The normalized spacial score (nSPS) is 17.5. The Morgan fingerprint density at radius 2 is 1.82 bits per heavy atom. The van der Waals surface area contributed by atoms with Gasteiger partial charge in [-0.3, -0.25) is 4.90 Å². The maximum Gasteiger partial charge on any atom is 0.127 e. The number of hydrogen-bond acceptors (Lipinski definition) is 4. The molecule has 1 aliphatic heterocycles. The summed E-state index contributed by atoms with van der Waals surface area (Å²) in [5, 5.41) is 3.44. The topological polar surface area (TPSA) is 33.7 Å². The first-order valence-electron chi connectivity index (χ1n) is 8.32. The molecule has 2 rings (SSSR count). The molecular formula is C18H30N2O2. The van der Waals surface area contributed by atoms with Crippen LogP contribution in [0.15, 0.2) is 18.2 Å². The molecule has 1 heterocycles. The van der Waals surface area contributed by atoms with Crippen molar-refractivity contribution in [3.63, 3.8) is 0 Å². The lowest BCUT2D eigenvalue weighted by Gasteiger charge is -2.36. The number of benzene rings is 1. The standard InChI is InChI=1S/C18H30N2O2/c1-14(2)5-8-17(20-11-9-19-10-12-20)16-7-6-15(21-3)13-18(16)22-4/h6-7,13-14,17,19H,5,8-12H2,1-4H3/t17-/m1/s1. The summed E-state index contributed by atoms with van der Waals surface area (Å²) in [7, 11) is 3.44. The number of piperazine rings is 1. The average molecular weight is 306 g/mol. The Morgan fingerprint density at radius 3 is 2.41 bits per heavy atom. The number of ether oxygens (including phenoxy) is 2. The molecule has 0 radical (unpaired) electrons. The van der Waals surface area contributed by atoms with Crippen molar-refractivity contribution in [1.29, 1.82) is 0 Å². The SMILES string of the molecule is COc1ccc([C@@H](CCC(C)C)N2CCNCC2)c(OC)c1. The van der Waals surface area contributed by atoms with Crippen LogP contribution in [0.3, 0.4) is 0 Å². The van der Waals surface area contributed by atoms with Gasteiger partial charge in [-0.2, -0.15) is 0 Å². The van der Waals surface area contributed by atoms with Crippen molar-refractivity contribution >= 4 is 0 Å². The highest BCUT2D eigenvalue weighted by Crippen LogP contribution is 2.36. The van der Waals surface area contributed by atoms with E-state index in [4.69, 9.17) is 9.47 Å². The number of nitrogens with zero attached hydrogens (tertiary/aromatic N) is 1. The van der Waals surface area contributed by atoms with E-state index in [1.54, 1.807) is 14.2 Å². The molecule has 1 atom stereocenters. The molecule has 0 unspecified atom stereocenters. The quantitative estimate of drug-likeness (QED) is 0.839. The van der Waals surface area contributed by atoms with Gasteiger partial charge in [0.05, 0.1) is 14.2 Å². The molecule has 124 valence electrons. The zero-order valence-corrected chi connectivity index (χ0v) is 14.4. The van der Waals surface area contributed by atoms with Gasteiger partial charge in [-0.05, 0) is 24.8 Å². The van der Waals surface area contributed by atoms with Crippen LogP contribution in [-0.2, 0) is 0 Å². The lowest BCUT2D eigenvalue weighted by Crippen LogP contribution is -2.45. The van der Waals surface area contributed by atoms with Gasteiger partial charge in [0.1, 0.15) is 11.5 Å². The summed E-state index contributed by atoms with van der Waals surface area (Å²) in [5.74, 6) is 2.50. The van der Waals surface area contributed by atoms with Crippen LogP contribution in [0, 0.1) is 5.92 Å². The molecule has 22 heavy (non-hydrogen) atoms. The molecule has 0 bridgehead atoms. The second-order valence-corrected chi connectivity index (χ2v) is 6.38. The van der Waals surface area contributed by atoms with E-state index in [0.29, 0.717) is 6.04 Å². The second kappa shape index (κ2) is 8.39. The third-order valence-electron chi connectivity index (χ3n) is 4.41. The predicted octanol–water partition coefficient (Wildman–Crippen LogP) is 3.09. The Morgan fingerprint density at radius 1 is 1.09 bits per heavy atom. The second-order valence-electron chi connectivity index (χ2n) is 6.38. The van der Waals surface area contributed by atoms with Gasteiger partial charge in [-0.15, -0.1) is 0 Å². The van der Waals surface area contributed by atoms with E-state index in [1.165, 1.54) is 18.4 Å². The molecule has 0 amide bonds. The summed E-state index contributed by atoms with van der Waals surface area (Å²) in [6, 6.07) is 6.64. The van der Waals surface area contributed by atoms with E-state index < -0.39 is 0 Å². The Balaban J connectivity index is 2.26. The number of methoxy groups -OCH3 is 2. The zero-order chi connectivity index (χ0) is 15.9. The number of rotatable bonds is 7. The molecule has 4 nitrogen and oxygen atoms in total. The fraction of sp³-hybridized carbons (Fsp3) is 0.667. The minimum Gasteiger partial charge on any atom is -0.497 e. The first-order valence-corrected chi connectivity index (χ1v) is 8.32. The maximum absolute atomic E-state index is 5.64. The van der Waals surface area contributed by atoms with E-state index in [9.17, 15) is 0 Å². The minimum atomic E-state index is 0.422. The summed E-state index contributed by atoms with van der Waals surface area (Å²) in [6.45, 7) is 8.91. The highest BCUT2D eigenvalue weighted by Gasteiger charge is 2.25. The van der Waals surface area contributed by atoms with Gasteiger partial charge in [0, 0.05) is 43.9 Å². The Labute approximate surface area is 134 Å². The smallest absolute Gasteiger partial charge is 0.127 e. The van der Waals surface area contributed by atoms with Crippen molar-refractivity contribution in [1.82, 2.24) is 10.2 Å². The van der Waals surface area contributed by atoms with Crippen LogP contribution in [0.5, 0.6) is 11.5 Å². The third kappa shape index (κ3) is 4.37. The fourth-order valence-corrected chi connectivity index (χ4v) is 3.11. The first-order chi connectivity index (χ1) is 10.7. The van der Waals surface area contributed by atoms with Gasteiger partial charge in [-0.25, -0.2) is 0 Å². The van der Waals surface area contributed by atoms with Crippen molar-refractivity contribution < 1.29 is 9.47 Å². The van der Waals surface area contributed by atoms with E-state index in [2.05, 4.69) is 30.1 Å². The molecule has 1 aromatic rings. The average Bonchev–Trinajstić information content (AvgIpc) is 2.56. The van der Waals surface area contributed by atoms with E-state index >= 15 is 0 Å². The van der Waals surface area contributed by atoms with Crippen LogP contribution in [-0.4, -0.2) is 45.3 Å². The van der Waals surface area contributed by atoms with Gasteiger partial charge >= 0.3 is 0 Å². The zero-order valence-electron chi connectivity index (χ0n) is 14.4. The van der Waals surface area contributed by atoms with E-state index in [1.807, 2.05) is 12.1 Å². The molecule has 1 aromatic carbocycles. The van der Waals surface area contributed by atoms with Crippen LogP contribution in [0.1, 0.15) is 38.3 Å². The predicted molar refractivity (Wildman–Crippen MR) is 90.8 cm³/mol. The molecule has 0 spiro atoms. The largest absolute Gasteiger partial charge is 0.497 e. The molecule has 1 N–H and O–H groups in total. The molecule has 1 saturated heterocycles. The molecular weight excluding hydrogens is 276 g/mol. The highest BCUT2D eigenvalue weighted by atomic mass is 16.5. The highest BCUT2D eigenvalue weighted by molar-refractivity contribution is 5.42. The van der Waals surface area contributed by atoms with E-state index in [0.717, 1.165) is 43.6 Å².